The summed E-state index contributed by atoms with van der Waals surface area (Å²) in [5.74, 6) is 0.0839. The molecule has 6 nitrogen and oxygen atoms in total. The third kappa shape index (κ3) is 4.55. The van der Waals surface area contributed by atoms with Gasteiger partial charge in [-0.1, -0.05) is 24.3 Å². The minimum Gasteiger partial charge on any atom is -0.496 e. The Bertz CT molecular complexity index is 984. The van der Waals surface area contributed by atoms with Crippen LogP contribution in [0.1, 0.15) is 22.5 Å². The van der Waals surface area contributed by atoms with Crippen molar-refractivity contribution in [3.8, 4) is 16.3 Å². The smallest absolute Gasteiger partial charge is 0.339 e. The van der Waals surface area contributed by atoms with Crippen LogP contribution in [0.3, 0.4) is 0 Å². The first-order chi connectivity index (χ1) is 13.6. The number of aryl methyl sites for hydroxylation is 1. The summed E-state index contributed by atoms with van der Waals surface area (Å²) >= 11 is 1.51. The third-order valence-corrected chi connectivity index (χ3v) is 5.03. The first-order valence-corrected chi connectivity index (χ1v) is 9.55. The molecule has 144 valence electrons. The highest BCUT2D eigenvalue weighted by molar-refractivity contribution is 7.13. The molecular weight excluding hydrogens is 376 g/mol. The van der Waals surface area contributed by atoms with E-state index in [4.69, 9.17) is 9.47 Å². The van der Waals surface area contributed by atoms with Gasteiger partial charge in [0, 0.05) is 11.8 Å². The number of ether oxygens (including phenoxy) is 2. The number of methoxy groups -OCH3 is 2. The fourth-order valence-electron chi connectivity index (χ4n) is 2.70. The molecule has 7 heteroatoms. The van der Waals surface area contributed by atoms with Crippen LogP contribution in [-0.2, 0) is 16.0 Å². The van der Waals surface area contributed by atoms with E-state index in [-0.39, 0.29) is 12.3 Å². The summed E-state index contributed by atoms with van der Waals surface area (Å²) in [7, 11) is 2.94. The number of hydrogen-bond donors (Lipinski definition) is 1. The number of para-hydroxylation sites is 2. The molecule has 3 rings (SSSR count). The highest BCUT2D eigenvalue weighted by atomic mass is 32.1. The molecule has 28 heavy (non-hydrogen) atoms. The van der Waals surface area contributed by atoms with Crippen molar-refractivity contribution in [3.63, 3.8) is 0 Å². The maximum absolute atomic E-state index is 12.3. The lowest BCUT2D eigenvalue weighted by Gasteiger charge is -2.09. The predicted octanol–water partition coefficient (Wildman–Crippen LogP) is 4.18. The summed E-state index contributed by atoms with van der Waals surface area (Å²) in [5.41, 5.74) is 2.53. The Morgan fingerprint density at radius 3 is 2.61 bits per heavy atom. The zero-order valence-corrected chi connectivity index (χ0v) is 16.4. The van der Waals surface area contributed by atoms with E-state index >= 15 is 0 Å². The topological polar surface area (TPSA) is 77.5 Å². The van der Waals surface area contributed by atoms with E-state index < -0.39 is 5.97 Å². The molecule has 0 spiro atoms. The van der Waals surface area contributed by atoms with Crippen LogP contribution in [0.4, 0.5) is 5.69 Å². The number of amides is 1. The first kappa shape index (κ1) is 19.6. The Kier molecular flexibility index (Phi) is 6.39. The van der Waals surface area contributed by atoms with Gasteiger partial charge in [0.1, 0.15) is 10.8 Å². The van der Waals surface area contributed by atoms with Crippen LogP contribution in [0, 0.1) is 0 Å². The second-order valence-electron chi connectivity index (χ2n) is 5.93. The van der Waals surface area contributed by atoms with Crippen LogP contribution in [-0.4, -0.2) is 31.1 Å². The summed E-state index contributed by atoms with van der Waals surface area (Å²) in [5, 5.41) is 5.56. The third-order valence-electron chi connectivity index (χ3n) is 4.10. The second kappa shape index (κ2) is 9.14. The number of hydrogen-bond acceptors (Lipinski definition) is 6. The number of rotatable bonds is 7. The van der Waals surface area contributed by atoms with Crippen LogP contribution in [0.15, 0.2) is 53.9 Å². The molecule has 0 saturated carbocycles. The number of benzene rings is 2. The quantitative estimate of drug-likeness (QED) is 0.606. The molecule has 0 fully saturated rings. The van der Waals surface area contributed by atoms with E-state index in [1.807, 2.05) is 29.6 Å². The number of carbonyl (C=O) groups excluding carboxylic acids is 2. The van der Waals surface area contributed by atoms with Gasteiger partial charge in [-0.2, -0.15) is 0 Å². The Balaban J connectivity index is 1.63. The van der Waals surface area contributed by atoms with Crippen molar-refractivity contribution in [3.05, 3.63) is 65.2 Å². The number of aromatic nitrogens is 1. The van der Waals surface area contributed by atoms with Crippen molar-refractivity contribution >= 4 is 28.9 Å². The lowest BCUT2D eigenvalue weighted by molar-refractivity contribution is -0.116. The van der Waals surface area contributed by atoms with Gasteiger partial charge in [-0.3, -0.25) is 4.79 Å². The number of esters is 1. The van der Waals surface area contributed by atoms with Crippen molar-refractivity contribution in [1.82, 2.24) is 4.98 Å². The molecular formula is C21H20N2O4S. The van der Waals surface area contributed by atoms with E-state index in [1.54, 1.807) is 31.4 Å². The SMILES string of the molecule is COC(=O)c1ccccc1NC(=O)CCc1csc(-c2ccccc2OC)n1. The van der Waals surface area contributed by atoms with Crippen LogP contribution in [0.2, 0.25) is 0 Å². The Labute approximate surface area is 167 Å². The molecule has 0 radical (unpaired) electrons. The summed E-state index contributed by atoms with van der Waals surface area (Å²) in [6.45, 7) is 0. The van der Waals surface area contributed by atoms with Gasteiger partial charge in [-0.25, -0.2) is 9.78 Å². The van der Waals surface area contributed by atoms with Crippen LogP contribution < -0.4 is 10.1 Å². The number of anilines is 1. The average Bonchev–Trinajstić information content (AvgIpc) is 3.21. The lowest BCUT2D eigenvalue weighted by Crippen LogP contribution is -2.15. The molecule has 1 amide bonds. The molecule has 1 N–H and O–H groups in total. The van der Waals surface area contributed by atoms with Gasteiger partial charge >= 0.3 is 5.97 Å². The Hall–Kier alpha value is -3.19. The number of thiazole rings is 1. The van der Waals surface area contributed by atoms with E-state index in [2.05, 4.69) is 10.3 Å². The van der Waals surface area contributed by atoms with Gasteiger partial charge in [-0.15, -0.1) is 11.3 Å². The first-order valence-electron chi connectivity index (χ1n) is 8.67. The van der Waals surface area contributed by atoms with E-state index in [9.17, 15) is 9.59 Å². The lowest BCUT2D eigenvalue weighted by atomic mass is 10.1. The predicted molar refractivity (Wildman–Crippen MR) is 109 cm³/mol. The van der Waals surface area contributed by atoms with Gasteiger partial charge in [-0.05, 0) is 30.7 Å². The van der Waals surface area contributed by atoms with Crippen molar-refractivity contribution in [1.29, 1.82) is 0 Å². The maximum Gasteiger partial charge on any atom is 0.339 e. The highest BCUT2D eigenvalue weighted by Gasteiger charge is 2.14. The van der Waals surface area contributed by atoms with Gasteiger partial charge in [0.25, 0.3) is 0 Å². The Morgan fingerprint density at radius 1 is 1.07 bits per heavy atom. The van der Waals surface area contributed by atoms with Crippen molar-refractivity contribution < 1.29 is 19.1 Å². The molecule has 0 saturated heterocycles. The van der Waals surface area contributed by atoms with Gasteiger partial charge in [0.2, 0.25) is 5.91 Å². The van der Waals surface area contributed by atoms with Crippen molar-refractivity contribution in [2.75, 3.05) is 19.5 Å². The summed E-state index contributed by atoms with van der Waals surface area (Å²) in [6, 6.07) is 14.5. The molecule has 3 aromatic rings. The number of nitrogens with one attached hydrogen (secondary N) is 1. The van der Waals surface area contributed by atoms with Gasteiger partial charge in [0.05, 0.1) is 36.7 Å². The van der Waals surface area contributed by atoms with Gasteiger partial charge in [0.15, 0.2) is 0 Å². The number of nitrogens with zero attached hydrogens (tertiary/aromatic N) is 1. The fraction of sp³-hybridized carbons (Fsp3) is 0.190. The highest BCUT2D eigenvalue weighted by Crippen LogP contribution is 2.32. The normalized spacial score (nSPS) is 10.4. The molecule has 0 aliphatic rings. The van der Waals surface area contributed by atoms with Crippen LogP contribution in [0.25, 0.3) is 10.6 Å². The van der Waals surface area contributed by atoms with Crippen LogP contribution >= 0.6 is 11.3 Å². The van der Waals surface area contributed by atoms with E-state index in [1.165, 1.54) is 18.4 Å². The van der Waals surface area contributed by atoms with E-state index in [0.29, 0.717) is 17.7 Å². The molecule has 0 unspecified atom stereocenters. The number of carbonyl (C=O) groups is 2. The molecule has 1 aromatic heterocycles. The summed E-state index contributed by atoms with van der Waals surface area (Å²) in [6.07, 6.45) is 0.752. The molecule has 0 bridgehead atoms. The van der Waals surface area contributed by atoms with Crippen molar-refractivity contribution in [2.45, 2.75) is 12.8 Å². The zero-order chi connectivity index (χ0) is 19.9. The van der Waals surface area contributed by atoms with Gasteiger partial charge < -0.3 is 14.8 Å². The largest absolute Gasteiger partial charge is 0.496 e. The Morgan fingerprint density at radius 2 is 1.82 bits per heavy atom. The van der Waals surface area contributed by atoms with Crippen molar-refractivity contribution in [2.24, 2.45) is 0 Å². The molecule has 0 aliphatic carbocycles. The fourth-order valence-corrected chi connectivity index (χ4v) is 3.58. The maximum atomic E-state index is 12.3. The van der Waals surface area contributed by atoms with E-state index in [0.717, 1.165) is 22.0 Å². The zero-order valence-electron chi connectivity index (χ0n) is 15.6. The molecule has 0 atom stereocenters. The summed E-state index contributed by atoms with van der Waals surface area (Å²) < 4.78 is 10.1. The average molecular weight is 396 g/mol. The summed E-state index contributed by atoms with van der Waals surface area (Å²) in [4.78, 5) is 28.7. The molecule has 1 heterocycles. The standard InChI is InChI=1S/C21H20N2O4S/c1-26-18-10-6-4-8-16(18)20-22-14(13-28-20)11-12-19(24)23-17-9-5-3-7-15(17)21(25)27-2/h3-10,13H,11-12H2,1-2H3,(H,23,24). The minimum atomic E-state index is -0.489. The minimum absolute atomic E-state index is 0.191. The molecule has 2 aromatic carbocycles. The second-order valence-corrected chi connectivity index (χ2v) is 6.79. The van der Waals surface area contributed by atoms with Crippen LogP contribution in [0.5, 0.6) is 5.75 Å². The monoisotopic (exact) mass is 396 g/mol. The molecule has 0 aliphatic heterocycles.